The van der Waals surface area contributed by atoms with Gasteiger partial charge in [-0.3, -0.25) is 9.59 Å². The molecule has 0 bridgehead atoms. The van der Waals surface area contributed by atoms with Crippen LogP contribution in [0, 0.1) is 0 Å². The molecular formula is C11H16N4O2. The number of hydrogen-bond acceptors (Lipinski definition) is 4. The van der Waals surface area contributed by atoms with Crippen LogP contribution in [0.5, 0.6) is 0 Å². The summed E-state index contributed by atoms with van der Waals surface area (Å²) in [5.74, 6) is -0.170. The van der Waals surface area contributed by atoms with Gasteiger partial charge in [0.2, 0.25) is 5.91 Å². The van der Waals surface area contributed by atoms with Crippen LogP contribution < -0.4 is 16.6 Å². The highest BCUT2D eigenvalue weighted by molar-refractivity contribution is 5.75. The number of amides is 1. The first-order valence-electron chi connectivity index (χ1n) is 5.77. The highest BCUT2D eigenvalue weighted by atomic mass is 16.2. The summed E-state index contributed by atoms with van der Waals surface area (Å²) in [6.07, 6.45) is 5.73. The number of hydrogen-bond donors (Lipinski definition) is 2. The molecular weight excluding hydrogens is 220 g/mol. The van der Waals surface area contributed by atoms with Crippen LogP contribution in [0.3, 0.4) is 0 Å². The Hall–Kier alpha value is -1.85. The third-order valence-electron chi connectivity index (χ3n) is 2.90. The van der Waals surface area contributed by atoms with Crippen LogP contribution in [0.2, 0.25) is 0 Å². The molecule has 1 saturated carbocycles. The van der Waals surface area contributed by atoms with Gasteiger partial charge in [-0.05, 0) is 12.8 Å². The van der Waals surface area contributed by atoms with Gasteiger partial charge in [0.15, 0.2) is 0 Å². The number of nitrogens with two attached hydrogens (primary N) is 1. The molecule has 0 aliphatic heterocycles. The molecule has 2 rings (SSSR count). The predicted octanol–water partition coefficient (Wildman–Crippen LogP) is -0.116. The van der Waals surface area contributed by atoms with E-state index in [1.165, 1.54) is 12.3 Å². The van der Waals surface area contributed by atoms with Crippen molar-refractivity contribution in [2.45, 2.75) is 38.3 Å². The highest BCUT2D eigenvalue weighted by Gasteiger charge is 2.17. The molecule has 0 unspecified atom stereocenters. The molecule has 92 valence electrons. The van der Waals surface area contributed by atoms with E-state index in [1.54, 1.807) is 0 Å². The Kier molecular flexibility index (Phi) is 3.41. The van der Waals surface area contributed by atoms with Crippen LogP contribution in [-0.2, 0) is 11.3 Å². The molecule has 1 fully saturated rings. The minimum atomic E-state index is -0.355. The average molecular weight is 236 g/mol. The van der Waals surface area contributed by atoms with Crippen LogP contribution >= 0.6 is 0 Å². The number of carbonyl (C=O) groups is 1. The summed E-state index contributed by atoms with van der Waals surface area (Å²) in [7, 11) is 0. The van der Waals surface area contributed by atoms with Crippen LogP contribution in [0.15, 0.2) is 17.1 Å². The lowest BCUT2D eigenvalue weighted by atomic mass is 10.2. The predicted molar refractivity (Wildman–Crippen MR) is 63.3 cm³/mol. The maximum Gasteiger partial charge on any atom is 0.269 e. The van der Waals surface area contributed by atoms with Crippen molar-refractivity contribution in [1.82, 2.24) is 15.1 Å². The fraction of sp³-hybridized carbons (Fsp3) is 0.545. The van der Waals surface area contributed by atoms with Crippen molar-refractivity contribution >= 4 is 11.6 Å². The number of rotatable bonds is 3. The van der Waals surface area contributed by atoms with Crippen LogP contribution in [-0.4, -0.2) is 21.7 Å². The van der Waals surface area contributed by atoms with Gasteiger partial charge in [-0.1, -0.05) is 12.8 Å². The van der Waals surface area contributed by atoms with Crippen molar-refractivity contribution in [3.8, 4) is 0 Å². The third kappa shape index (κ3) is 3.05. The Morgan fingerprint density at radius 1 is 1.53 bits per heavy atom. The SMILES string of the molecule is Nc1cnn(CC(=O)NC2CCCC2)c(=O)c1. The van der Waals surface area contributed by atoms with Crippen LogP contribution in [0.1, 0.15) is 25.7 Å². The molecule has 0 radical (unpaired) electrons. The Balaban J connectivity index is 1.95. The van der Waals surface area contributed by atoms with Gasteiger partial charge in [-0.25, -0.2) is 4.68 Å². The number of carbonyl (C=O) groups excluding carboxylic acids is 1. The quantitative estimate of drug-likeness (QED) is 0.765. The smallest absolute Gasteiger partial charge is 0.269 e. The second kappa shape index (κ2) is 4.99. The van der Waals surface area contributed by atoms with Crippen LogP contribution in [0.4, 0.5) is 5.69 Å². The van der Waals surface area contributed by atoms with Gasteiger partial charge in [-0.15, -0.1) is 0 Å². The standard InChI is InChI=1S/C11H16N4O2/c12-8-5-11(17)15(13-6-8)7-10(16)14-9-3-1-2-4-9/h5-6,9H,1-4,7,12H2,(H,14,16). The molecule has 1 aromatic heterocycles. The van der Waals surface area contributed by atoms with E-state index < -0.39 is 0 Å². The fourth-order valence-electron chi connectivity index (χ4n) is 2.05. The normalized spacial score (nSPS) is 16.0. The molecule has 1 heterocycles. The maximum absolute atomic E-state index is 11.7. The van der Waals surface area contributed by atoms with E-state index in [0.29, 0.717) is 5.69 Å². The largest absolute Gasteiger partial charge is 0.397 e. The van der Waals surface area contributed by atoms with E-state index in [2.05, 4.69) is 10.4 Å². The Morgan fingerprint density at radius 3 is 2.88 bits per heavy atom. The zero-order chi connectivity index (χ0) is 12.3. The fourth-order valence-corrected chi connectivity index (χ4v) is 2.05. The molecule has 0 atom stereocenters. The van der Waals surface area contributed by atoms with Crippen molar-refractivity contribution in [2.75, 3.05) is 5.73 Å². The summed E-state index contributed by atoms with van der Waals surface area (Å²) in [6, 6.07) is 1.52. The van der Waals surface area contributed by atoms with E-state index in [1.807, 2.05) is 0 Å². The molecule has 17 heavy (non-hydrogen) atoms. The highest BCUT2D eigenvalue weighted by Crippen LogP contribution is 2.17. The minimum absolute atomic E-state index is 0.0460. The van der Waals surface area contributed by atoms with E-state index in [0.717, 1.165) is 30.4 Å². The summed E-state index contributed by atoms with van der Waals surface area (Å²) in [5.41, 5.74) is 5.37. The molecule has 0 saturated heterocycles. The van der Waals surface area contributed by atoms with Crippen molar-refractivity contribution in [2.24, 2.45) is 0 Å². The molecule has 0 spiro atoms. The Bertz CT molecular complexity index is 463. The molecule has 1 aromatic rings. The van der Waals surface area contributed by atoms with E-state index in [-0.39, 0.29) is 24.1 Å². The number of nitrogens with zero attached hydrogens (tertiary/aromatic N) is 2. The average Bonchev–Trinajstić information content (AvgIpc) is 2.75. The zero-order valence-electron chi connectivity index (χ0n) is 9.56. The van der Waals surface area contributed by atoms with Gasteiger partial charge in [0.05, 0.1) is 11.9 Å². The number of aromatic nitrogens is 2. The monoisotopic (exact) mass is 236 g/mol. The second-order valence-electron chi connectivity index (χ2n) is 4.33. The first kappa shape index (κ1) is 11.6. The van der Waals surface area contributed by atoms with Crippen molar-refractivity contribution < 1.29 is 4.79 Å². The van der Waals surface area contributed by atoms with Gasteiger partial charge in [0.25, 0.3) is 5.56 Å². The number of nitrogens with one attached hydrogen (secondary N) is 1. The van der Waals surface area contributed by atoms with Crippen molar-refractivity contribution in [3.05, 3.63) is 22.6 Å². The van der Waals surface area contributed by atoms with Gasteiger partial charge >= 0.3 is 0 Å². The van der Waals surface area contributed by atoms with E-state index in [4.69, 9.17) is 5.73 Å². The minimum Gasteiger partial charge on any atom is -0.397 e. The molecule has 6 heteroatoms. The van der Waals surface area contributed by atoms with Crippen LogP contribution in [0.25, 0.3) is 0 Å². The Labute approximate surface area is 98.8 Å². The lowest BCUT2D eigenvalue weighted by Crippen LogP contribution is -2.38. The van der Waals surface area contributed by atoms with Gasteiger partial charge in [-0.2, -0.15) is 5.10 Å². The lowest BCUT2D eigenvalue weighted by molar-refractivity contribution is -0.122. The number of anilines is 1. The van der Waals surface area contributed by atoms with Crippen molar-refractivity contribution in [1.29, 1.82) is 0 Å². The van der Waals surface area contributed by atoms with Crippen molar-refractivity contribution in [3.63, 3.8) is 0 Å². The summed E-state index contributed by atoms with van der Waals surface area (Å²) >= 11 is 0. The molecule has 6 nitrogen and oxygen atoms in total. The zero-order valence-corrected chi connectivity index (χ0v) is 9.56. The molecule has 1 aliphatic carbocycles. The maximum atomic E-state index is 11.7. The van der Waals surface area contributed by atoms with Gasteiger partial charge in [0, 0.05) is 12.1 Å². The topological polar surface area (TPSA) is 90.0 Å². The second-order valence-corrected chi connectivity index (χ2v) is 4.33. The van der Waals surface area contributed by atoms with Gasteiger partial charge in [0.1, 0.15) is 6.54 Å². The summed E-state index contributed by atoms with van der Waals surface area (Å²) < 4.78 is 1.11. The summed E-state index contributed by atoms with van der Waals surface area (Å²) in [6.45, 7) is -0.0460. The van der Waals surface area contributed by atoms with Gasteiger partial charge < -0.3 is 11.1 Å². The first-order valence-corrected chi connectivity index (χ1v) is 5.77. The molecule has 0 aromatic carbocycles. The molecule has 1 aliphatic rings. The van der Waals surface area contributed by atoms with E-state index in [9.17, 15) is 9.59 Å². The molecule has 3 N–H and O–H groups in total. The Morgan fingerprint density at radius 2 is 2.24 bits per heavy atom. The first-order chi connectivity index (χ1) is 8.15. The van der Waals surface area contributed by atoms with E-state index >= 15 is 0 Å². The lowest BCUT2D eigenvalue weighted by Gasteiger charge is -2.12. The molecule has 1 amide bonds. The number of nitrogen functional groups attached to an aromatic ring is 1. The summed E-state index contributed by atoms with van der Waals surface area (Å²) in [5, 5.41) is 6.71. The summed E-state index contributed by atoms with van der Waals surface area (Å²) in [4.78, 5) is 23.1. The third-order valence-corrected chi connectivity index (χ3v) is 2.90.